The number of hydrogen-bond donors (Lipinski definition) is 1. The summed E-state index contributed by atoms with van der Waals surface area (Å²) in [5.41, 5.74) is 0.592. The number of aromatic carboxylic acids is 1. The molecule has 0 amide bonds. The monoisotopic (exact) mass is 342 g/mol. The van der Waals surface area contributed by atoms with Crippen LogP contribution in [0.2, 0.25) is 0 Å². The number of anilines is 1. The van der Waals surface area contributed by atoms with Gasteiger partial charge in [0.15, 0.2) is 0 Å². The number of carboxylic acids is 1. The molecule has 1 aromatic rings. The molecule has 0 aromatic heterocycles. The van der Waals surface area contributed by atoms with Crippen LogP contribution in [-0.4, -0.2) is 56.6 Å². The molecule has 128 valence electrons. The van der Waals surface area contributed by atoms with Gasteiger partial charge in [0.05, 0.1) is 17.4 Å². The first-order chi connectivity index (χ1) is 10.9. The van der Waals surface area contributed by atoms with Gasteiger partial charge in [-0.05, 0) is 44.0 Å². The first-order valence-electron chi connectivity index (χ1n) is 7.54. The highest BCUT2D eigenvalue weighted by Gasteiger charge is 2.32. The Balaban J connectivity index is 2.20. The molecule has 7 nitrogen and oxygen atoms in total. The third kappa shape index (κ3) is 3.82. The van der Waals surface area contributed by atoms with E-state index in [0.717, 1.165) is 0 Å². The number of nitrogens with zero attached hydrogens (tertiary/aromatic N) is 2. The quantitative estimate of drug-likeness (QED) is 0.848. The maximum Gasteiger partial charge on any atom is 0.335 e. The molecule has 1 aliphatic heterocycles. The molecule has 1 heterocycles. The first-order valence-corrected chi connectivity index (χ1v) is 8.93. The van der Waals surface area contributed by atoms with Gasteiger partial charge >= 0.3 is 16.2 Å². The van der Waals surface area contributed by atoms with Crippen molar-refractivity contribution < 1.29 is 23.1 Å². The van der Waals surface area contributed by atoms with Gasteiger partial charge in [-0.1, -0.05) is 0 Å². The van der Waals surface area contributed by atoms with Crippen molar-refractivity contribution in [2.45, 2.75) is 25.9 Å². The van der Waals surface area contributed by atoms with Crippen LogP contribution < -0.4 is 4.31 Å². The molecule has 8 heteroatoms. The summed E-state index contributed by atoms with van der Waals surface area (Å²) in [6.45, 7) is 2.87. The van der Waals surface area contributed by atoms with Crippen LogP contribution in [0.15, 0.2) is 24.3 Å². The highest BCUT2D eigenvalue weighted by atomic mass is 32.2. The molecule has 0 bridgehead atoms. The third-order valence-corrected chi connectivity index (χ3v) is 6.07. The van der Waals surface area contributed by atoms with Crippen LogP contribution in [0.1, 0.15) is 30.1 Å². The van der Waals surface area contributed by atoms with Crippen molar-refractivity contribution in [1.29, 1.82) is 0 Å². The van der Waals surface area contributed by atoms with E-state index in [1.165, 1.54) is 32.9 Å². The van der Waals surface area contributed by atoms with Gasteiger partial charge in [0.2, 0.25) is 0 Å². The van der Waals surface area contributed by atoms with Crippen molar-refractivity contribution in [3.05, 3.63) is 29.8 Å². The van der Waals surface area contributed by atoms with Gasteiger partial charge < -0.3 is 9.84 Å². The van der Waals surface area contributed by atoms with E-state index in [0.29, 0.717) is 31.6 Å². The topological polar surface area (TPSA) is 87.2 Å². The number of ether oxygens (including phenoxy) is 1. The molecule has 0 atom stereocenters. The summed E-state index contributed by atoms with van der Waals surface area (Å²) in [6.07, 6.45) is 1.45. The highest BCUT2D eigenvalue weighted by Crippen LogP contribution is 2.24. The van der Waals surface area contributed by atoms with E-state index in [4.69, 9.17) is 9.84 Å². The summed E-state index contributed by atoms with van der Waals surface area (Å²) in [7, 11) is -1.99. The summed E-state index contributed by atoms with van der Waals surface area (Å²) in [4.78, 5) is 10.9. The number of piperidine rings is 1. The zero-order valence-corrected chi connectivity index (χ0v) is 14.1. The minimum absolute atomic E-state index is 0.103. The molecule has 0 radical (unpaired) electrons. The van der Waals surface area contributed by atoms with Crippen LogP contribution in [-0.2, 0) is 14.9 Å². The minimum Gasteiger partial charge on any atom is -0.478 e. The first kappa shape index (κ1) is 17.7. The molecule has 1 saturated heterocycles. The van der Waals surface area contributed by atoms with E-state index >= 15 is 0 Å². The lowest BCUT2D eigenvalue weighted by Gasteiger charge is -2.35. The zero-order chi connectivity index (χ0) is 17.0. The zero-order valence-electron chi connectivity index (χ0n) is 13.3. The van der Waals surface area contributed by atoms with Crippen molar-refractivity contribution >= 4 is 21.9 Å². The van der Waals surface area contributed by atoms with Crippen molar-refractivity contribution in [3.63, 3.8) is 0 Å². The van der Waals surface area contributed by atoms with Crippen molar-refractivity contribution in [1.82, 2.24) is 4.31 Å². The maximum atomic E-state index is 12.8. The van der Waals surface area contributed by atoms with Gasteiger partial charge in [0.1, 0.15) is 0 Å². The van der Waals surface area contributed by atoms with Gasteiger partial charge in [-0.3, -0.25) is 4.31 Å². The molecule has 0 aliphatic carbocycles. The van der Waals surface area contributed by atoms with Gasteiger partial charge in [-0.2, -0.15) is 12.7 Å². The van der Waals surface area contributed by atoms with E-state index < -0.39 is 16.2 Å². The Morgan fingerprint density at radius 2 is 1.87 bits per heavy atom. The molecule has 1 aromatic carbocycles. The van der Waals surface area contributed by atoms with Crippen molar-refractivity contribution in [3.8, 4) is 0 Å². The van der Waals surface area contributed by atoms with Crippen LogP contribution in [0, 0.1) is 0 Å². The fourth-order valence-corrected chi connectivity index (χ4v) is 4.35. The molecule has 0 saturated carbocycles. The molecule has 1 fully saturated rings. The largest absolute Gasteiger partial charge is 0.478 e. The predicted octanol–water partition coefficient (Wildman–Crippen LogP) is 1.57. The third-order valence-electron chi connectivity index (χ3n) is 4.03. The molecule has 0 unspecified atom stereocenters. The summed E-state index contributed by atoms with van der Waals surface area (Å²) >= 11 is 0. The lowest BCUT2D eigenvalue weighted by molar-refractivity contribution is 0.0604. The predicted molar refractivity (Wildman–Crippen MR) is 86.9 cm³/mol. The lowest BCUT2D eigenvalue weighted by Crippen LogP contribution is -2.48. The normalized spacial score (nSPS) is 17.1. The van der Waals surface area contributed by atoms with E-state index in [2.05, 4.69) is 0 Å². The highest BCUT2D eigenvalue weighted by molar-refractivity contribution is 7.90. The van der Waals surface area contributed by atoms with Crippen molar-refractivity contribution in [2.24, 2.45) is 0 Å². The number of rotatable bonds is 6. The molecule has 1 aliphatic rings. The fourth-order valence-electron chi connectivity index (χ4n) is 2.69. The van der Waals surface area contributed by atoms with E-state index in [1.54, 1.807) is 14.0 Å². The van der Waals surface area contributed by atoms with Gasteiger partial charge in [0.25, 0.3) is 0 Å². The van der Waals surface area contributed by atoms with Gasteiger partial charge in [0, 0.05) is 26.7 Å². The Morgan fingerprint density at radius 1 is 1.30 bits per heavy atom. The number of carboxylic acid groups (broad SMARTS) is 1. The van der Waals surface area contributed by atoms with E-state index in [1.807, 2.05) is 0 Å². The van der Waals surface area contributed by atoms with Crippen LogP contribution in [0.5, 0.6) is 0 Å². The second-order valence-electron chi connectivity index (χ2n) is 5.36. The van der Waals surface area contributed by atoms with Gasteiger partial charge in [-0.15, -0.1) is 0 Å². The van der Waals surface area contributed by atoms with E-state index in [9.17, 15) is 13.2 Å². The fraction of sp³-hybridized carbons (Fsp3) is 0.533. The summed E-state index contributed by atoms with van der Waals surface area (Å²) in [6, 6.07) is 5.86. The smallest absolute Gasteiger partial charge is 0.335 e. The maximum absolute atomic E-state index is 12.8. The average Bonchev–Trinajstić information content (AvgIpc) is 2.56. The SMILES string of the molecule is CCN(c1ccc(C(=O)O)cc1)S(=O)(=O)N1CCC(OC)CC1. The Labute approximate surface area is 136 Å². The standard InChI is InChI=1S/C15H22N2O5S/c1-3-17(13-6-4-12(5-7-13)15(18)19)23(20,21)16-10-8-14(22-2)9-11-16/h4-7,14H,3,8-11H2,1-2H3,(H,18,19). The molecule has 2 rings (SSSR count). The molecular weight excluding hydrogens is 320 g/mol. The molecule has 1 N–H and O–H groups in total. The summed E-state index contributed by atoms with van der Waals surface area (Å²) in [5.74, 6) is -1.04. The van der Waals surface area contributed by atoms with E-state index in [-0.39, 0.29) is 18.2 Å². The summed E-state index contributed by atoms with van der Waals surface area (Å²) in [5, 5.41) is 8.93. The Morgan fingerprint density at radius 3 is 2.30 bits per heavy atom. The Kier molecular flexibility index (Phi) is 5.61. The number of hydrogen-bond acceptors (Lipinski definition) is 4. The number of carbonyl (C=O) groups is 1. The molecular formula is C15H22N2O5S. The lowest BCUT2D eigenvalue weighted by atomic mass is 10.1. The van der Waals surface area contributed by atoms with Crippen molar-refractivity contribution in [2.75, 3.05) is 31.0 Å². The second kappa shape index (κ2) is 7.29. The Hall–Kier alpha value is -1.64. The minimum atomic E-state index is -3.63. The second-order valence-corrected chi connectivity index (χ2v) is 7.21. The summed E-state index contributed by atoms with van der Waals surface area (Å²) < 4.78 is 33.7. The van der Waals surface area contributed by atoms with Crippen LogP contribution in [0.4, 0.5) is 5.69 Å². The number of benzene rings is 1. The van der Waals surface area contributed by atoms with Crippen LogP contribution >= 0.6 is 0 Å². The Bertz CT molecular complexity index is 636. The van der Waals surface area contributed by atoms with Crippen LogP contribution in [0.25, 0.3) is 0 Å². The van der Waals surface area contributed by atoms with Gasteiger partial charge in [-0.25, -0.2) is 4.79 Å². The number of methoxy groups -OCH3 is 1. The van der Waals surface area contributed by atoms with Crippen LogP contribution in [0.3, 0.4) is 0 Å². The molecule has 0 spiro atoms. The molecule has 23 heavy (non-hydrogen) atoms. The average molecular weight is 342 g/mol.